The van der Waals surface area contributed by atoms with Crippen LogP contribution in [0.3, 0.4) is 0 Å². The van der Waals surface area contributed by atoms with E-state index in [4.69, 9.17) is 4.74 Å². The lowest BCUT2D eigenvalue weighted by Gasteiger charge is -2.34. The van der Waals surface area contributed by atoms with E-state index in [9.17, 15) is 13.2 Å². The first kappa shape index (κ1) is 26.9. The lowest BCUT2D eigenvalue weighted by atomic mass is 9.90. The number of hydrogen-bond donors (Lipinski definition) is 1. The Morgan fingerprint density at radius 3 is 2.19 bits per heavy atom. The van der Waals surface area contributed by atoms with Crippen LogP contribution in [-0.4, -0.2) is 45.0 Å². The van der Waals surface area contributed by atoms with E-state index in [0.29, 0.717) is 37.8 Å². The van der Waals surface area contributed by atoms with Crippen molar-refractivity contribution in [3.8, 4) is 5.75 Å². The molecule has 1 fully saturated rings. The third-order valence-electron chi connectivity index (χ3n) is 6.93. The molecule has 1 aliphatic heterocycles. The number of sulfonamides is 1. The summed E-state index contributed by atoms with van der Waals surface area (Å²) in [7, 11) is -3.92. The molecule has 3 aromatic rings. The third kappa shape index (κ3) is 7.21. The highest BCUT2D eigenvalue weighted by atomic mass is 32.2. The maximum atomic E-state index is 13.7. The molecule has 1 heterocycles. The highest BCUT2D eigenvalue weighted by Gasteiger charge is 2.32. The summed E-state index contributed by atoms with van der Waals surface area (Å²) in [6, 6.07) is 23.9. The number of rotatable bonds is 10. The van der Waals surface area contributed by atoms with E-state index in [2.05, 4.69) is 29.0 Å². The molecular formula is C30H36N2O4S. The summed E-state index contributed by atoms with van der Waals surface area (Å²) in [5, 5.41) is 0. The highest BCUT2D eigenvalue weighted by molar-refractivity contribution is 7.89. The number of amides is 1. The van der Waals surface area contributed by atoms with E-state index in [1.165, 1.54) is 11.6 Å². The van der Waals surface area contributed by atoms with Crippen LogP contribution in [0.15, 0.2) is 83.8 Å². The first-order valence-electron chi connectivity index (χ1n) is 13.0. The Kier molecular flexibility index (Phi) is 9.00. The van der Waals surface area contributed by atoms with Crippen LogP contribution < -0.4 is 9.46 Å². The summed E-state index contributed by atoms with van der Waals surface area (Å²) in [5.41, 5.74) is 2.95. The number of aryl methyl sites for hydroxylation is 1. The van der Waals surface area contributed by atoms with Gasteiger partial charge >= 0.3 is 0 Å². The minimum atomic E-state index is -3.92. The van der Waals surface area contributed by atoms with Crippen LogP contribution >= 0.6 is 0 Å². The lowest BCUT2D eigenvalue weighted by Crippen LogP contribution is -2.51. The summed E-state index contributed by atoms with van der Waals surface area (Å²) in [4.78, 5) is 15.6. The van der Waals surface area contributed by atoms with Gasteiger partial charge in [0.25, 0.3) is 0 Å². The van der Waals surface area contributed by atoms with E-state index in [1.54, 1.807) is 12.1 Å². The molecule has 196 valence electrons. The zero-order valence-electron chi connectivity index (χ0n) is 21.6. The molecule has 0 spiro atoms. The highest BCUT2D eigenvalue weighted by Crippen LogP contribution is 2.24. The summed E-state index contributed by atoms with van der Waals surface area (Å²) >= 11 is 0. The molecule has 1 atom stereocenters. The quantitative estimate of drug-likeness (QED) is 0.418. The maximum absolute atomic E-state index is 13.7. The second-order valence-electron chi connectivity index (χ2n) is 9.68. The number of likely N-dealkylation sites (tertiary alicyclic amines) is 1. The van der Waals surface area contributed by atoms with Gasteiger partial charge in [0.05, 0.1) is 11.5 Å². The Morgan fingerprint density at radius 2 is 1.59 bits per heavy atom. The smallest absolute Gasteiger partial charge is 0.241 e. The van der Waals surface area contributed by atoms with Crippen LogP contribution in [0.1, 0.15) is 36.5 Å². The van der Waals surface area contributed by atoms with Gasteiger partial charge in [-0.05, 0) is 80.3 Å². The normalized spacial score (nSPS) is 15.4. The minimum Gasteiger partial charge on any atom is -0.494 e. The van der Waals surface area contributed by atoms with Crippen LogP contribution in [-0.2, 0) is 27.7 Å². The fourth-order valence-electron chi connectivity index (χ4n) is 4.92. The topological polar surface area (TPSA) is 75.7 Å². The zero-order valence-corrected chi connectivity index (χ0v) is 22.4. The average molecular weight is 521 g/mol. The van der Waals surface area contributed by atoms with Crippen LogP contribution in [0.25, 0.3) is 0 Å². The molecule has 0 bridgehead atoms. The minimum absolute atomic E-state index is 0.126. The first-order valence-corrected chi connectivity index (χ1v) is 14.5. The Balaban J connectivity index is 1.48. The predicted octanol–water partition coefficient (Wildman–Crippen LogP) is 4.76. The van der Waals surface area contributed by atoms with Gasteiger partial charge in [0.2, 0.25) is 15.9 Å². The number of carbonyl (C=O) groups excluding carboxylic acids is 1. The van der Waals surface area contributed by atoms with Crippen LogP contribution in [0, 0.1) is 12.8 Å². The lowest BCUT2D eigenvalue weighted by molar-refractivity contribution is -0.134. The molecule has 1 saturated heterocycles. The van der Waals surface area contributed by atoms with Crippen LogP contribution in [0.4, 0.5) is 0 Å². The summed E-state index contributed by atoms with van der Waals surface area (Å²) < 4.78 is 35.0. The molecule has 1 amide bonds. The molecule has 0 saturated carbocycles. The molecule has 0 radical (unpaired) electrons. The van der Waals surface area contributed by atoms with Gasteiger partial charge in [-0.15, -0.1) is 0 Å². The Bertz CT molecular complexity index is 1270. The average Bonchev–Trinajstić information content (AvgIpc) is 2.90. The predicted molar refractivity (Wildman–Crippen MR) is 146 cm³/mol. The molecule has 0 aliphatic carbocycles. The van der Waals surface area contributed by atoms with E-state index < -0.39 is 16.1 Å². The van der Waals surface area contributed by atoms with Crippen molar-refractivity contribution in [1.82, 2.24) is 9.62 Å². The molecule has 1 N–H and O–H groups in total. The molecule has 4 rings (SSSR count). The Labute approximate surface area is 220 Å². The van der Waals surface area contributed by atoms with Crippen molar-refractivity contribution in [2.75, 3.05) is 19.7 Å². The van der Waals surface area contributed by atoms with E-state index in [1.807, 2.05) is 55.1 Å². The molecular weight excluding hydrogens is 484 g/mol. The molecule has 3 aromatic carbocycles. The number of nitrogens with one attached hydrogen (secondary N) is 1. The van der Waals surface area contributed by atoms with Gasteiger partial charge in [-0.3, -0.25) is 4.79 Å². The summed E-state index contributed by atoms with van der Waals surface area (Å²) in [6.07, 6.45) is 3.10. The van der Waals surface area contributed by atoms with Crippen molar-refractivity contribution in [3.63, 3.8) is 0 Å². The van der Waals surface area contributed by atoms with Crippen LogP contribution in [0.2, 0.25) is 0 Å². The van der Waals surface area contributed by atoms with Crippen molar-refractivity contribution in [3.05, 3.63) is 95.6 Å². The molecule has 0 unspecified atom stereocenters. The maximum Gasteiger partial charge on any atom is 0.241 e. The standard InChI is InChI=1S/C30H36N2O4S/c1-3-36-29-15-14-27(20-23(29)2)37(34,35)31-28(22-25-12-8-5-9-13-25)30(33)32-18-16-26(17-19-32)21-24-10-6-4-7-11-24/h4-15,20,26,28,31H,3,16-19,21-22H2,1-2H3/t28-/m1/s1. The van der Waals surface area contributed by atoms with Crippen molar-refractivity contribution in [2.24, 2.45) is 5.92 Å². The van der Waals surface area contributed by atoms with Gasteiger partial charge in [-0.25, -0.2) is 8.42 Å². The SMILES string of the molecule is CCOc1ccc(S(=O)(=O)N[C@H](Cc2ccccc2)C(=O)N2CCC(Cc3ccccc3)CC2)cc1C. The van der Waals surface area contributed by atoms with E-state index in [0.717, 1.165) is 30.4 Å². The van der Waals surface area contributed by atoms with Crippen molar-refractivity contribution in [1.29, 1.82) is 0 Å². The van der Waals surface area contributed by atoms with Gasteiger partial charge in [0.1, 0.15) is 11.8 Å². The van der Waals surface area contributed by atoms with Crippen molar-refractivity contribution >= 4 is 15.9 Å². The number of ether oxygens (including phenoxy) is 1. The van der Waals surface area contributed by atoms with Gasteiger partial charge in [-0.1, -0.05) is 60.7 Å². The van der Waals surface area contributed by atoms with E-state index in [-0.39, 0.29) is 10.8 Å². The zero-order chi connectivity index (χ0) is 26.3. The first-order chi connectivity index (χ1) is 17.9. The second-order valence-corrected chi connectivity index (χ2v) is 11.4. The largest absolute Gasteiger partial charge is 0.494 e. The Hall–Kier alpha value is -3.16. The molecule has 6 nitrogen and oxygen atoms in total. The van der Waals surface area contributed by atoms with Gasteiger partial charge in [-0.2, -0.15) is 4.72 Å². The fourth-order valence-corrected chi connectivity index (χ4v) is 6.19. The fraction of sp³-hybridized carbons (Fsp3) is 0.367. The number of piperidine rings is 1. The molecule has 7 heteroatoms. The van der Waals surface area contributed by atoms with Gasteiger partial charge in [0, 0.05) is 13.1 Å². The van der Waals surface area contributed by atoms with Gasteiger partial charge < -0.3 is 9.64 Å². The summed E-state index contributed by atoms with van der Waals surface area (Å²) in [5.74, 6) is 0.993. The van der Waals surface area contributed by atoms with Gasteiger partial charge in [0.15, 0.2) is 0 Å². The number of hydrogen-bond acceptors (Lipinski definition) is 4. The van der Waals surface area contributed by atoms with Crippen LogP contribution in [0.5, 0.6) is 5.75 Å². The monoisotopic (exact) mass is 520 g/mol. The van der Waals surface area contributed by atoms with E-state index >= 15 is 0 Å². The number of nitrogens with zero attached hydrogens (tertiary/aromatic N) is 1. The second kappa shape index (κ2) is 12.4. The number of benzene rings is 3. The molecule has 37 heavy (non-hydrogen) atoms. The summed E-state index contributed by atoms with van der Waals surface area (Å²) in [6.45, 7) is 5.46. The van der Waals surface area contributed by atoms with Crippen molar-refractivity contribution in [2.45, 2.75) is 50.5 Å². The molecule has 0 aromatic heterocycles. The third-order valence-corrected chi connectivity index (χ3v) is 8.40. The molecule has 1 aliphatic rings. The van der Waals surface area contributed by atoms with Crippen molar-refractivity contribution < 1.29 is 17.9 Å². The Morgan fingerprint density at radius 1 is 0.973 bits per heavy atom. The number of carbonyl (C=O) groups is 1.